The fourth-order valence-electron chi connectivity index (χ4n) is 2.49. The Hall–Kier alpha value is -2.24. The van der Waals surface area contributed by atoms with Crippen LogP contribution in [-0.2, 0) is 9.47 Å². The van der Waals surface area contributed by atoms with E-state index in [1.165, 1.54) is 0 Å². The third-order valence-electron chi connectivity index (χ3n) is 3.46. The maximum absolute atomic E-state index is 5.97. The van der Waals surface area contributed by atoms with Crippen molar-refractivity contribution in [1.82, 2.24) is 0 Å². The summed E-state index contributed by atoms with van der Waals surface area (Å²) in [6, 6.07) is 11.4. The Labute approximate surface area is 136 Å². The van der Waals surface area contributed by atoms with Gasteiger partial charge in [0.15, 0.2) is 17.8 Å². The number of para-hydroxylation sites is 1. The average molecular weight is 318 g/mol. The maximum atomic E-state index is 5.97. The second-order valence-electron chi connectivity index (χ2n) is 4.89. The number of methoxy groups -OCH3 is 4. The first-order chi connectivity index (χ1) is 11.2. The molecule has 0 atom stereocenters. The normalized spacial score (nSPS) is 10.7. The first kappa shape index (κ1) is 17.1. The Morgan fingerprint density at radius 1 is 0.826 bits per heavy atom. The minimum atomic E-state index is -0.627. The minimum Gasteiger partial charge on any atom is -0.496 e. The van der Waals surface area contributed by atoms with Gasteiger partial charge < -0.3 is 23.7 Å². The summed E-state index contributed by atoms with van der Waals surface area (Å²) in [7, 11) is 6.30. The number of hydrogen-bond acceptors (Lipinski definition) is 5. The zero-order chi connectivity index (χ0) is 16.8. The Morgan fingerprint density at radius 3 is 1.96 bits per heavy atom. The van der Waals surface area contributed by atoms with Crippen molar-refractivity contribution in [2.24, 2.45) is 0 Å². The van der Waals surface area contributed by atoms with Crippen LogP contribution in [0.4, 0.5) is 0 Å². The number of aryl methyl sites for hydroxylation is 1. The van der Waals surface area contributed by atoms with E-state index in [0.717, 1.165) is 5.56 Å². The molecule has 5 heteroatoms. The third kappa shape index (κ3) is 3.57. The van der Waals surface area contributed by atoms with Crippen molar-refractivity contribution < 1.29 is 23.7 Å². The molecule has 0 unspecified atom stereocenters. The van der Waals surface area contributed by atoms with Gasteiger partial charge in [-0.2, -0.15) is 0 Å². The lowest BCUT2D eigenvalue weighted by atomic mass is 10.1. The summed E-state index contributed by atoms with van der Waals surface area (Å²) in [5.74, 6) is 2.46. The minimum absolute atomic E-state index is 0.519. The summed E-state index contributed by atoms with van der Waals surface area (Å²) in [4.78, 5) is 0. The van der Waals surface area contributed by atoms with Gasteiger partial charge in [-0.05, 0) is 30.7 Å². The van der Waals surface area contributed by atoms with Crippen LogP contribution in [0.2, 0.25) is 0 Å². The van der Waals surface area contributed by atoms with Gasteiger partial charge in [-0.1, -0.05) is 18.2 Å². The highest BCUT2D eigenvalue weighted by Crippen LogP contribution is 2.45. The van der Waals surface area contributed by atoms with E-state index in [9.17, 15) is 0 Å². The van der Waals surface area contributed by atoms with Crippen molar-refractivity contribution >= 4 is 0 Å². The van der Waals surface area contributed by atoms with E-state index in [1.54, 1.807) is 28.4 Å². The molecule has 0 aliphatic rings. The lowest BCUT2D eigenvalue weighted by Gasteiger charge is -2.23. The summed E-state index contributed by atoms with van der Waals surface area (Å²) in [5.41, 5.74) is 1.55. The topological polar surface area (TPSA) is 46.2 Å². The molecule has 0 amide bonds. The van der Waals surface area contributed by atoms with Crippen LogP contribution >= 0.6 is 0 Å². The molecule has 0 aliphatic heterocycles. The Kier molecular flexibility index (Phi) is 5.84. The van der Waals surface area contributed by atoms with E-state index in [4.69, 9.17) is 23.7 Å². The Bertz CT molecular complexity index is 636. The van der Waals surface area contributed by atoms with Gasteiger partial charge in [-0.15, -0.1) is 0 Å². The molecule has 5 nitrogen and oxygen atoms in total. The van der Waals surface area contributed by atoms with Crippen LogP contribution < -0.4 is 14.2 Å². The lowest BCUT2D eigenvalue weighted by molar-refractivity contribution is -0.108. The fourth-order valence-corrected chi connectivity index (χ4v) is 2.49. The van der Waals surface area contributed by atoms with Gasteiger partial charge >= 0.3 is 0 Å². The second-order valence-corrected chi connectivity index (χ2v) is 4.89. The zero-order valence-corrected chi connectivity index (χ0v) is 14.1. The van der Waals surface area contributed by atoms with E-state index in [2.05, 4.69) is 0 Å². The monoisotopic (exact) mass is 318 g/mol. The second kappa shape index (κ2) is 7.85. The third-order valence-corrected chi connectivity index (χ3v) is 3.46. The zero-order valence-electron chi connectivity index (χ0n) is 14.1. The van der Waals surface area contributed by atoms with E-state index in [1.807, 2.05) is 43.3 Å². The van der Waals surface area contributed by atoms with Crippen LogP contribution in [0, 0.1) is 6.92 Å². The van der Waals surface area contributed by atoms with Gasteiger partial charge in [-0.25, -0.2) is 0 Å². The van der Waals surface area contributed by atoms with Gasteiger partial charge in [0.05, 0.1) is 19.8 Å². The van der Waals surface area contributed by atoms with Crippen LogP contribution in [0.3, 0.4) is 0 Å². The van der Waals surface area contributed by atoms with Crippen molar-refractivity contribution in [2.45, 2.75) is 13.2 Å². The van der Waals surface area contributed by atoms with Crippen molar-refractivity contribution in [1.29, 1.82) is 0 Å². The van der Waals surface area contributed by atoms with Gasteiger partial charge in [0, 0.05) is 14.2 Å². The molecule has 124 valence electrons. The van der Waals surface area contributed by atoms with Crippen molar-refractivity contribution in [3.63, 3.8) is 0 Å². The number of benzene rings is 2. The van der Waals surface area contributed by atoms with Crippen LogP contribution in [-0.4, -0.2) is 28.4 Å². The maximum Gasteiger partial charge on any atom is 0.190 e. The summed E-state index contributed by atoms with van der Waals surface area (Å²) >= 11 is 0. The molecule has 2 aromatic rings. The molecule has 0 N–H and O–H groups in total. The van der Waals surface area contributed by atoms with Gasteiger partial charge in [0.1, 0.15) is 11.5 Å². The lowest BCUT2D eigenvalue weighted by Crippen LogP contribution is -2.10. The molecule has 0 saturated carbocycles. The number of rotatable bonds is 7. The summed E-state index contributed by atoms with van der Waals surface area (Å²) < 4.78 is 27.8. The molecule has 0 aromatic heterocycles. The summed E-state index contributed by atoms with van der Waals surface area (Å²) in [6.45, 7) is 1.93. The van der Waals surface area contributed by atoms with Crippen molar-refractivity contribution in [3.05, 3.63) is 47.5 Å². The summed E-state index contributed by atoms with van der Waals surface area (Å²) in [5, 5.41) is 0. The smallest absolute Gasteiger partial charge is 0.190 e. The largest absolute Gasteiger partial charge is 0.496 e. The van der Waals surface area contributed by atoms with E-state index in [0.29, 0.717) is 28.6 Å². The molecule has 0 fully saturated rings. The van der Waals surface area contributed by atoms with Crippen LogP contribution in [0.25, 0.3) is 0 Å². The highest BCUT2D eigenvalue weighted by atomic mass is 16.7. The molecule has 0 heterocycles. The Morgan fingerprint density at radius 2 is 1.43 bits per heavy atom. The molecular weight excluding hydrogens is 296 g/mol. The van der Waals surface area contributed by atoms with Crippen molar-refractivity contribution in [2.75, 3.05) is 28.4 Å². The molecule has 2 rings (SSSR count). The molecule has 0 spiro atoms. The van der Waals surface area contributed by atoms with Crippen molar-refractivity contribution in [3.8, 4) is 23.0 Å². The first-order valence-corrected chi connectivity index (χ1v) is 7.20. The molecule has 0 radical (unpaired) electrons. The SMILES string of the molecule is COc1c(C)cc(Oc2ccccc2)c(OC)c1C(OC)OC. The first-order valence-electron chi connectivity index (χ1n) is 7.20. The van der Waals surface area contributed by atoms with E-state index >= 15 is 0 Å². The summed E-state index contributed by atoms with van der Waals surface area (Å²) in [6.07, 6.45) is -0.627. The predicted molar refractivity (Wildman–Crippen MR) is 87.6 cm³/mol. The van der Waals surface area contributed by atoms with Gasteiger partial charge in [0.2, 0.25) is 0 Å². The average Bonchev–Trinajstić information content (AvgIpc) is 2.57. The molecular formula is C18H22O5. The van der Waals surface area contributed by atoms with E-state index in [-0.39, 0.29) is 0 Å². The van der Waals surface area contributed by atoms with E-state index < -0.39 is 6.29 Å². The fraction of sp³-hybridized carbons (Fsp3) is 0.333. The van der Waals surface area contributed by atoms with Crippen LogP contribution in [0.15, 0.2) is 36.4 Å². The molecule has 0 saturated heterocycles. The van der Waals surface area contributed by atoms with Gasteiger partial charge in [-0.3, -0.25) is 0 Å². The van der Waals surface area contributed by atoms with Gasteiger partial charge in [0.25, 0.3) is 0 Å². The molecule has 2 aromatic carbocycles. The quantitative estimate of drug-likeness (QED) is 0.719. The standard InChI is InChI=1S/C18H22O5/c1-12-11-14(23-13-9-7-6-8-10-13)17(20-3)15(16(12)19-2)18(21-4)22-5/h6-11,18H,1-5H3. The molecule has 0 bridgehead atoms. The Balaban J connectivity index is 2.59. The predicted octanol–water partition coefficient (Wildman–Crippen LogP) is 4.10. The number of ether oxygens (including phenoxy) is 5. The highest BCUT2D eigenvalue weighted by Gasteiger charge is 2.26. The molecule has 0 aliphatic carbocycles. The molecule has 23 heavy (non-hydrogen) atoms. The highest BCUT2D eigenvalue weighted by molar-refractivity contribution is 5.59. The number of hydrogen-bond donors (Lipinski definition) is 0. The van der Waals surface area contributed by atoms with Crippen LogP contribution in [0.5, 0.6) is 23.0 Å². The van der Waals surface area contributed by atoms with Crippen LogP contribution in [0.1, 0.15) is 17.4 Å².